The van der Waals surface area contributed by atoms with Crippen LogP contribution < -0.4 is 0 Å². The van der Waals surface area contributed by atoms with Gasteiger partial charge in [0.2, 0.25) is 0 Å². The molecule has 35 heavy (non-hydrogen) atoms. The van der Waals surface area contributed by atoms with Gasteiger partial charge in [-0.15, -0.1) is 0 Å². The Hall–Kier alpha value is -3.01. The Morgan fingerprint density at radius 3 is 1.94 bits per heavy atom. The first kappa shape index (κ1) is 26.6. The van der Waals surface area contributed by atoms with E-state index in [1.165, 1.54) is 25.4 Å². The lowest BCUT2D eigenvalue weighted by molar-refractivity contribution is -0.399. The highest BCUT2D eigenvalue weighted by atomic mass is 32.2. The Morgan fingerprint density at radius 2 is 1.43 bits per heavy atom. The van der Waals surface area contributed by atoms with Gasteiger partial charge in [-0.3, -0.25) is 4.98 Å². The van der Waals surface area contributed by atoms with E-state index in [2.05, 4.69) is 24.9 Å². The van der Waals surface area contributed by atoms with Crippen LogP contribution in [0.2, 0.25) is 0 Å². The van der Waals surface area contributed by atoms with E-state index < -0.39 is 40.7 Å². The molecule has 0 fully saturated rings. The Balaban J connectivity index is 2.08. The molecule has 6 nitrogen and oxygen atoms in total. The maximum atomic E-state index is 14.2. The lowest BCUT2D eigenvalue weighted by Crippen LogP contribution is -2.59. The van der Waals surface area contributed by atoms with Crippen molar-refractivity contribution >= 4 is 11.2 Å². The van der Waals surface area contributed by atoms with Gasteiger partial charge in [-0.2, -0.15) is 39.5 Å². The average Bonchev–Trinajstić information content (AvgIpc) is 2.83. The van der Waals surface area contributed by atoms with Crippen LogP contribution in [0.4, 0.5) is 39.5 Å². The molecule has 0 aliphatic heterocycles. The summed E-state index contributed by atoms with van der Waals surface area (Å²) in [6, 6.07) is 2.32. The SMILES string of the molecule is CC[S+]([O-])c1cnc(-c2ncccn2)nc1-c1ccc(C(F)(F)C(F)(F)C(F)(F)C(F)(F)F)cn1. The van der Waals surface area contributed by atoms with Crippen molar-refractivity contribution in [2.24, 2.45) is 0 Å². The highest BCUT2D eigenvalue weighted by molar-refractivity contribution is 7.91. The molecule has 0 radical (unpaired) electrons. The number of nitrogens with zero attached hydrogens (tertiary/aromatic N) is 5. The monoisotopic (exact) mass is 529 g/mol. The lowest BCUT2D eigenvalue weighted by atomic mass is 9.98. The normalized spacial score (nSPS) is 14.1. The molecule has 16 heteroatoms. The van der Waals surface area contributed by atoms with Crippen molar-refractivity contribution in [3.8, 4) is 23.0 Å². The van der Waals surface area contributed by atoms with Crippen LogP contribution in [-0.2, 0) is 17.1 Å². The molecule has 188 valence electrons. The predicted molar refractivity (Wildman–Crippen MR) is 103 cm³/mol. The number of halogens is 9. The molecule has 0 saturated carbocycles. The zero-order valence-corrected chi connectivity index (χ0v) is 18.0. The number of aromatic nitrogens is 5. The summed E-state index contributed by atoms with van der Waals surface area (Å²) in [6.45, 7) is 1.54. The second-order valence-corrected chi connectivity index (χ2v) is 8.47. The van der Waals surface area contributed by atoms with Crippen LogP contribution in [0, 0.1) is 0 Å². The van der Waals surface area contributed by atoms with E-state index in [1.54, 1.807) is 0 Å². The first-order valence-corrected chi connectivity index (χ1v) is 10.7. The van der Waals surface area contributed by atoms with Crippen LogP contribution in [-0.4, -0.2) is 53.2 Å². The van der Waals surface area contributed by atoms with Crippen molar-refractivity contribution in [1.82, 2.24) is 24.9 Å². The molecule has 0 amide bonds. The smallest absolute Gasteiger partial charge is 0.460 e. The molecule has 0 N–H and O–H groups in total. The summed E-state index contributed by atoms with van der Waals surface area (Å²) in [4.78, 5) is 19.4. The van der Waals surface area contributed by atoms with E-state index in [0.29, 0.717) is 6.07 Å². The first-order valence-electron chi connectivity index (χ1n) is 9.35. The average molecular weight is 529 g/mol. The molecular weight excluding hydrogens is 517 g/mol. The zero-order chi connectivity index (χ0) is 26.2. The van der Waals surface area contributed by atoms with Gasteiger partial charge >= 0.3 is 23.9 Å². The summed E-state index contributed by atoms with van der Waals surface area (Å²) >= 11 is -1.72. The van der Waals surface area contributed by atoms with Gasteiger partial charge in [0.15, 0.2) is 16.5 Å². The fourth-order valence-corrected chi connectivity index (χ4v) is 3.52. The summed E-state index contributed by atoms with van der Waals surface area (Å²) in [5.74, 6) is -19.9. The van der Waals surface area contributed by atoms with Crippen LogP contribution in [0.3, 0.4) is 0 Å². The summed E-state index contributed by atoms with van der Waals surface area (Å²) in [5.41, 5.74) is -2.44. The number of alkyl halides is 9. The van der Waals surface area contributed by atoms with Gasteiger partial charge in [-0.1, -0.05) is 0 Å². The second kappa shape index (κ2) is 9.22. The molecule has 1 unspecified atom stereocenters. The maximum absolute atomic E-state index is 14.2. The molecule has 3 heterocycles. The van der Waals surface area contributed by atoms with E-state index in [9.17, 15) is 44.1 Å². The third kappa shape index (κ3) is 4.63. The van der Waals surface area contributed by atoms with E-state index >= 15 is 0 Å². The number of hydrogen-bond acceptors (Lipinski definition) is 6. The van der Waals surface area contributed by atoms with Crippen molar-refractivity contribution in [2.45, 2.75) is 35.8 Å². The van der Waals surface area contributed by atoms with Crippen molar-refractivity contribution in [2.75, 3.05) is 5.75 Å². The molecule has 3 rings (SSSR count). The Labute approximate surface area is 193 Å². The van der Waals surface area contributed by atoms with E-state index in [4.69, 9.17) is 0 Å². The second-order valence-electron chi connectivity index (χ2n) is 6.77. The summed E-state index contributed by atoms with van der Waals surface area (Å²) in [5, 5.41) is 0. The van der Waals surface area contributed by atoms with Gasteiger partial charge in [0.05, 0.1) is 11.9 Å². The van der Waals surface area contributed by atoms with Crippen molar-refractivity contribution in [3.05, 3.63) is 48.5 Å². The molecule has 0 aliphatic rings. The minimum absolute atomic E-state index is 0.00907. The molecular formula is C19H12F9N5OS. The molecule has 1 atom stereocenters. The number of pyridine rings is 1. The standard InChI is InChI=1S/C19H12F9N5OS/c1-2-35(34)12-9-32-15(14-29-6-3-7-30-14)33-13(12)11-5-4-10(8-31-11)16(20,21)17(22,23)18(24,25)19(26,27)28/h3-9H,2H2,1H3. The van der Waals surface area contributed by atoms with E-state index in [0.717, 1.165) is 6.20 Å². The summed E-state index contributed by atoms with van der Waals surface area (Å²) in [6.07, 6.45) is -3.10. The zero-order valence-electron chi connectivity index (χ0n) is 17.2. The first-order chi connectivity index (χ1) is 16.1. The highest BCUT2D eigenvalue weighted by Gasteiger charge is 2.82. The van der Waals surface area contributed by atoms with Gasteiger partial charge in [-0.05, 0) is 36.3 Å². The van der Waals surface area contributed by atoms with Crippen molar-refractivity contribution < 1.29 is 44.1 Å². The largest absolute Gasteiger partial charge is 0.611 e. The van der Waals surface area contributed by atoms with Gasteiger partial charge in [0.25, 0.3) is 0 Å². The van der Waals surface area contributed by atoms with Crippen LogP contribution in [0.5, 0.6) is 0 Å². The third-order valence-corrected chi connectivity index (χ3v) is 5.86. The third-order valence-electron chi connectivity index (χ3n) is 4.54. The maximum Gasteiger partial charge on any atom is 0.460 e. The van der Waals surface area contributed by atoms with Crippen LogP contribution >= 0.6 is 0 Å². The van der Waals surface area contributed by atoms with Gasteiger partial charge < -0.3 is 4.55 Å². The molecule has 0 aromatic carbocycles. The fraction of sp³-hybridized carbons (Fsp3) is 0.316. The van der Waals surface area contributed by atoms with Crippen LogP contribution in [0.25, 0.3) is 23.0 Å². The Bertz CT molecular complexity index is 1180. The molecule has 0 bridgehead atoms. The molecule has 3 aromatic rings. The fourth-order valence-electron chi connectivity index (χ4n) is 2.67. The minimum Gasteiger partial charge on any atom is -0.611 e. The summed E-state index contributed by atoms with van der Waals surface area (Å²) < 4.78 is 132. The van der Waals surface area contributed by atoms with Gasteiger partial charge in [0, 0.05) is 24.2 Å². The predicted octanol–water partition coefficient (Wildman–Crippen LogP) is 5.05. The lowest BCUT2D eigenvalue weighted by Gasteiger charge is -2.33. The van der Waals surface area contributed by atoms with Gasteiger partial charge in [-0.25, -0.2) is 19.9 Å². The van der Waals surface area contributed by atoms with E-state index in [1.807, 2.05) is 0 Å². The Kier molecular flexibility index (Phi) is 7.00. The quantitative estimate of drug-likeness (QED) is 0.315. The van der Waals surface area contributed by atoms with Gasteiger partial charge in [0.1, 0.15) is 11.4 Å². The molecule has 3 aromatic heterocycles. The van der Waals surface area contributed by atoms with Crippen LogP contribution in [0.1, 0.15) is 12.5 Å². The van der Waals surface area contributed by atoms with E-state index in [-0.39, 0.29) is 45.9 Å². The van der Waals surface area contributed by atoms with Crippen molar-refractivity contribution in [1.29, 1.82) is 0 Å². The van der Waals surface area contributed by atoms with Crippen molar-refractivity contribution in [3.63, 3.8) is 0 Å². The number of rotatable bonds is 7. The minimum atomic E-state index is -7.04. The highest BCUT2D eigenvalue weighted by Crippen LogP contribution is 2.56. The summed E-state index contributed by atoms with van der Waals surface area (Å²) in [7, 11) is 0. The Morgan fingerprint density at radius 1 is 0.800 bits per heavy atom. The molecule has 0 spiro atoms. The number of hydrogen-bond donors (Lipinski definition) is 0. The van der Waals surface area contributed by atoms with Crippen LogP contribution in [0.15, 0.2) is 47.9 Å². The molecule has 0 saturated heterocycles. The topological polar surface area (TPSA) is 87.5 Å². The molecule has 0 aliphatic carbocycles.